The number of aryl methyl sites for hydroxylation is 1. The van der Waals surface area contributed by atoms with Crippen molar-refractivity contribution in [3.8, 4) is 0 Å². The zero-order valence-corrected chi connectivity index (χ0v) is 10.8. The van der Waals surface area contributed by atoms with Crippen LogP contribution in [0.5, 0.6) is 0 Å². The summed E-state index contributed by atoms with van der Waals surface area (Å²) in [7, 11) is 0. The SMILES string of the molecule is Cc1nc2cc(CN)ccc2n1C1CCNCC1. The van der Waals surface area contributed by atoms with Crippen LogP contribution in [0.3, 0.4) is 0 Å². The van der Waals surface area contributed by atoms with Crippen LogP contribution in [0.1, 0.15) is 30.3 Å². The number of hydrogen-bond acceptors (Lipinski definition) is 3. The monoisotopic (exact) mass is 244 g/mol. The molecule has 0 bridgehead atoms. The van der Waals surface area contributed by atoms with Gasteiger partial charge in [0.15, 0.2) is 0 Å². The first-order valence-corrected chi connectivity index (χ1v) is 6.68. The van der Waals surface area contributed by atoms with Crippen LogP contribution >= 0.6 is 0 Å². The van der Waals surface area contributed by atoms with Gasteiger partial charge >= 0.3 is 0 Å². The molecule has 96 valence electrons. The molecule has 0 radical (unpaired) electrons. The molecule has 1 aliphatic heterocycles. The van der Waals surface area contributed by atoms with E-state index >= 15 is 0 Å². The quantitative estimate of drug-likeness (QED) is 0.846. The highest BCUT2D eigenvalue weighted by Crippen LogP contribution is 2.27. The average Bonchev–Trinajstić information content (AvgIpc) is 2.74. The van der Waals surface area contributed by atoms with Gasteiger partial charge < -0.3 is 15.6 Å². The molecule has 4 nitrogen and oxygen atoms in total. The lowest BCUT2D eigenvalue weighted by atomic mass is 10.1. The summed E-state index contributed by atoms with van der Waals surface area (Å²) in [6.45, 7) is 4.88. The molecule has 0 spiro atoms. The number of aromatic nitrogens is 2. The zero-order valence-electron chi connectivity index (χ0n) is 10.8. The first kappa shape index (κ1) is 11.7. The van der Waals surface area contributed by atoms with Crippen LogP contribution in [0.2, 0.25) is 0 Å². The van der Waals surface area contributed by atoms with Gasteiger partial charge in [0.1, 0.15) is 5.82 Å². The molecular weight excluding hydrogens is 224 g/mol. The van der Waals surface area contributed by atoms with Crippen LogP contribution < -0.4 is 11.1 Å². The van der Waals surface area contributed by atoms with E-state index in [2.05, 4.69) is 40.0 Å². The normalized spacial score (nSPS) is 17.4. The Bertz CT molecular complexity index is 552. The summed E-state index contributed by atoms with van der Waals surface area (Å²) >= 11 is 0. The lowest BCUT2D eigenvalue weighted by molar-refractivity contribution is 0.370. The third kappa shape index (κ3) is 1.91. The first-order valence-electron chi connectivity index (χ1n) is 6.68. The Labute approximate surface area is 107 Å². The van der Waals surface area contributed by atoms with Gasteiger partial charge in [-0.15, -0.1) is 0 Å². The lowest BCUT2D eigenvalue weighted by Gasteiger charge is -2.25. The first-order chi connectivity index (χ1) is 8.79. The fourth-order valence-electron chi connectivity index (χ4n) is 2.92. The average molecular weight is 244 g/mol. The summed E-state index contributed by atoms with van der Waals surface area (Å²) in [4.78, 5) is 4.68. The Morgan fingerprint density at radius 2 is 2.17 bits per heavy atom. The van der Waals surface area contributed by atoms with Crippen LogP contribution in [-0.2, 0) is 6.54 Å². The van der Waals surface area contributed by atoms with Crippen LogP contribution in [0.15, 0.2) is 18.2 Å². The van der Waals surface area contributed by atoms with Gasteiger partial charge in [-0.25, -0.2) is 4.98 Å². The molecule has 1 aromatic heterocycles. The van der Waals surface area contributed by atoms with Gasteiger partial charge in [0.05, 0.1) is 11.0 Å². The van der Waals surface area contributed by atoms with Crippen molar-refractivity contribution >= 4 is 11.0 Å². The highest BCUT2D eigenvalue weighted by atomic mass is 15.1. The van der Waals surface area contributed by atoms with Crippen molar-refractivity contribution in [2.75, 3.05) is 13.1 Å². The molecule has 0 unspecified atom stereocenters. The highest BCUT2D eigenvalue weighted by molar-refractivity contribution is 5.77. The van der Waals surface area contributed by atoms with E-state index in [1.54, 1.807) is 0 Å². The maximum Gasteiger partial charge on any atom is 0.106 e. The predicted molar refractivity (Wildman–Crippen MR) is 73.5 cm³/mol. The van der Waals surface area contributed by atoms with Gasteiger partial charge in [-0.3, -0.25) is 0 Å². The predicted octanol–water partition coefficient (Wildman–Crippen LogP) is 1.73. The molecule has 1 fully saturated rings. The summed E-state index contributed by atoms with van der Waals surface area (Å²) in [5.74, 6) is 1.12. The Balaban J connectivity index is 2.07. The largest absolute Gasteiger partial charge is 0.326 e. The Kier molecular flexibility index (Phi) is 3.06. The van der Waals surface area contributed by atoms with Crippen LogP contribution in [-0.4, -0.2) is 22.6 Å². The van der Waals surface area contributed by atoms with Crippen LogP contribution in [0.25, 0.3) is 11.0 Å². The van der Waals surface area contributed by atoms with Crippen molar-refractivity contribution in [3.63, 3.8) is 0 Å². The van der Waals surface area contributed by atoms with E-state index < -0.39 is 0 Å². The summed E-state index contributed by atoms with van der Waals surface area (Å²) in [6, 6.07) is 6.97. The number of nitrogens with two attached hydrogens (primary N) is 1. The van der Waals surface area contributed by atoms with Crippen molar-refractivity contribution < 1.29 is 0 Å². The molecular formula is C14H20N4. The molecule has 0 amide bonds. The van der Waals surface area contributed by atoms with Crippen molar-refractivity contribution in [2.24, 2.45) is 5.73 Å². The molecule has 18 heavy (non-hydrogen) atoms. The minimum Gasteiger partial charge on any atom is -0.326 e. The molecule has 3 N–H and O–H groups in total. The molecule has 1 aliphatic rings. The topological polar surface area (TPSA) is 55.9 Å². The van der Waals surface area contributed by atoms with Gasteiger partial charge in [0, 0.05) is 12.6 Å². The minimum atomic E-state index is 0.579. The third-order valence-electron chi connectivity index (χ3n) is 3.84. The number of fused-ring (bicyclic) bond motifs is 1. The Morgan fingerprint density at radius 1 is 1.39 bits per heavy atom. The third-order valence-corrected chi connectivity index (χ3v) is 3.84. The van der Waals surface area contributed by atoms with Crippen molar-refractivity contribution in [3.05, 3.63) is 29.6 Å². The zero-order chi connectivity index (χ0) is 12.5. The summed E-state index contributed by atoms with van der Waals surface area (Å²) in [6.07, 6.45) is 2.37. The fraction of sp³-hybridized carbons (Fsp3) is 0.500. The summed E-state index contributed by atoms with van der Waals surface area (Å²) in [5.41, 5.74) is 9.16. The molecule has 2 heterocycles. The number of piperidine rings is 1. The smallest absolute Gasteiger partial charge is 0.106 e. The lowest BCUT2D eigenvalue weighted by Crippen LogP contribution is -2.29. The van der Waals surface area contributed by atoms with Crippen LogP contribution in [0, 0.1) is 6.92 Å². The van der Waals surface area contributed by atoms with E-state index in [0.717, 1.165) is 30.0 Å². The van der Waals surface area contributed by atoms with E-state index in [9.17, 15) is 0 Å². The molecule has 1 saturated heterocycles. The highest BCUT2D eigenvalue weighted by Gasteiger charge is 2.19. The molecule has 2 aromatic rings. The van der Waals surface area contributed by atoms with Gasteiger partial charge in [0.25, 0.3) is 0 Å². The fourth-order valence-corrected chi connectivity index (χ4v) is 2.92. The van der Waals surface area contributed by atoms with Gasteiger partial charge in [0.2, 0.25) is 0 Å². The van der Waals surface area contributed by atoms with E-state index in [4.69, 9.17) is 5.73 Å². The van der Waals surface area contributed by atoms with Crippen molar-refractivity contribution in [2.45, 2.75) is 32.4 Å². The minimum absolute atomic E-state index is 0.579. The number of hydrogen-bond donors (Lipinski definition) is 2. The second kappa shape index (κ2) is 4.71. The number of benzene rings is 1. The summed E-state index contributed by atoms with van der Waals surface area (Å²) < 4.78 is 2.40. The molecule has 3 rings (SSSR count). The van der Waals surface area contributed by atoms with Gasteiger partial charge in [-0.2, -0.15) is 0 Å². The second-order valence-electron chi connectivity index (χ2n) is 5.04. The molecule has 1 aromatic carbocycles. The van der Waals surface area contributed by atoms with E-state index in [0.29, 0.717) is 12.6 Å². The Morgan fingerprint density at radius 3 is 2.89 bits per heavy atom. The number of rotatable bonds is 2. The number of imidazole rings is 1. The molecule has 0 aliphatic carbocycles. The van der Waals surface area contributed by atoms with Crippen molar-refractivity contribution in [1.29, 1.82) is 0 Å². The Hall–Kier alpha value is -1.39. The standard InChI is InChI=1S/C14H20N4/c1-10-17-13-8-11(9-15)2-3-14(13)18(10)12-4-6-16-7-5-12/h2-3,8,12,16H,4-7,9,15H2,1H3. The molecule has 4 heteroatoms. The number of nitrogens with zero attached hydrogens (tertiary/aromatic N) is 2. The van der Waals surface area contributed by atoms with Gasteiger partial charge in [-0.1, -0.05) is 6.07 Å². The van der Waals surface area contributed by atoms with E-state index in [1.165, 1.54) is 18.4 Å². The maximum atomic E-state index is 5.69. The molecule has 0 atom stereocenters. The maximum absolute atomic E-state index is 5.69. The molecule has 0 saturated carbocycles. The summed E-state index contributed by atoms with van der Waals surface area (Å²) in [5, 5.41) is 3.41. The van der Waals surface area contributed by atoms with E-state index in [1.807, 2.05) is 0 Å². The van der Waals surface area contributed by atoms with Crippen LogP contribution in [0.4, 0.5) is 0 Å². The van der Waals surface area contributed by atoms with Crippen molar-refractivity contribution in [1.82, 2.24) is 14.9 Å². The second-order valence-corrected chi connectivity index (χ2v) is 5.04. The van der Waals surface area contributed by atoms with E-state index in [-0.39, 0.29) is 0 Å². The number of nitrogens with one attached hydrogen (secondary N) is 1. The van der Waals surface area contributed by atoms with Gasteiger partial charge in [-0.05, 0) is 50.6 Å².